The molecule has 20 heavy (non-hydrogen) atoms. The lowest BCUT2D eigenvalue weighted by Crippen LogP contribution is -2.07. The average Bonchev–Trinajstić information content (AvgIpc) is 2.36. The summed E-state index contributed by atoms with van der Waals surface area (Å²) in [6.07, 6.45) is -3.87. The van der Waals surface area contributed by atoms with Crippen LogP contribution in [0.5, 0.6) is 0 Å². The van der Waals surface area contributed by atoms with Crippen molar-refractivity contribution in [3.63, 3.8) is 0 Å². The van der Waals surface area contributed by atoms with Gasteiger partial charge in [0, 0.05) is 17.3 Å². The largest absolute Gasteiger partial charge is 0.417 e. The molecule has 2 nitrogen and oxygen atoms in total. The molecule has 2 rings (SSSR count). The van der Waals surface area contributed by atoms with Gasteiger partial charge in [-0.3, -0.25) is 0 Å². The van der Waals surface area contributed by atoms with Gasteiger partial charge in [-0.15, -0.1) is 0 Å². The van der Waals surface area contributed by atoms with E-state index >= 15 is 0 Å². The number of alkyl halides is 3. The minimum Gasteiger partial charge on any atom is -0.383 e. The molecule has 0 aliphatic rings. The average molecular weight is 342 g/mol. The van der Waals surface area contributed by atoms with Crippen LogP contribution in [0.4, 0.5) is 19.0 Å². The van der Waals surface area contributed by atoms with Crippen molar-refractivity contribution in [3.05, 3.63) is 45.0 Å². The summed E-state index contributed by atoms with van der Waals surface area (Å²) in [6, 6.07) is 3.72. The number of pyridine rings is 1. The van der Waals surface area contributed by atoms with E-state index in [0.717, 1.165) is 6.07 Å². The molecule has 0 radical (unpaired) electrons. The molecule has 0 saturated heterocycles. The number of halogens is 6. The van der Waals surface area contributed by atoms with Crippen molar-refractivity contribution in [1.29, 1.82) is 0 Å². The highest BCUT2D eigenvalue weighted by molar-refractivity contribution is 6.49. The molecule has 1 aromatic heterocycles. The maximum atomic E-state index is 12.7. The third-order valence-electron chi connectivity index (χ3n) is 2.57. The van der Waals surface area contributed by atoms with Crippen molar-refractivity contribution in [2.75, 3.05) is 5.73 Å². The molecular weight excluding hydrogens is 335 g/mol. The quantitative estimate of drug-likeness (QED) is 0.714. The second kappa shape index (κ2) is 5.31. The second-order valence-electron chi connectivity index (χ2n) is 3.88. The lowest BCUT2D eigenvalue weighted by Gasteiger charge is -2.12. The summed E-state index contributed by atoms with van der Waals surface area (Å²) >= 11 is 17.6. The molecule has 0 atom stereocenters. The van der Waals surface area contributed by atoms with Crippen LogP contribution in [-0.4, -0.2) is 4.98 Å². The van der Waals surface area contributed by atoms with Crippen molar-refractivity contribution in [3.8, 4) is 11.1 Å². The minimum atomic E-state index is -4.53. The highest BCUT2D eigenvalue weighted by atomic mass is 35.5. The van der Waals surface area contributed by atoms with Gasteiger partial charge in [-0.1, -0.05) is 40.9 Å². The standard InChI is InChI=1S/C12H6Cl3F3N2/c13-8-2-1-6(9(14)10(8)15)7-3-5(12(16,17)18)4-20-11(7)19/h1-4H,(H2,19,20). The molecule has 0 aliphatic heterocycles. The van der Waals surface area contributed by atoms with Gasteiger partial charge in [0.05, 0.1) is 20.6 Å². The SMILES string of the molecule is Nc1ncc(C(F)(F)F)cc1-c1ccc(Cl)c(Cl)c1Cl. The molecule has 0 aliphatic carbocycles. The van der Waals surface area contributed by atoms with Crippen molar-refractivity contribution in [2.24, 2.45) is 0 Å². The Morgan fingerprint density at radius 2 is 1.65 bits per heavy atom. The van der Waals surface area contributed by atoms with Gasteiger partial charge < -0.3 is 5.73 Å². The number of benzene rings is 1. The fourth-order valence-electron chi connectivity index (χ4n) is 1.58. The third-order valence-corrected chi connectivity index (χ3v) is 3.86. The number of aromatic nitrogens is 1. The molecule has 8 heteroatoms. The highest BCUT2D eigenvalue weighted by Gasteiger charge is 2.32. The molecule has 0 fully saturated rings. The Kier molecular flexibility index (Phi) is 4.04. The third kappa shape index (κ3) is 2.80. The number of nitrogens with two attached hydrogens (primary N) is 1. The van der Waals surface area contributed by atoms with Crippen LogP contribution >= 0.6 is 34.8 Å². The van der Waals surface area contributed by atoms with Crippen LogP contribution in [0, 0.1) is 0 Å². The molecule has 2 N–H and O–H groups in total. The van der Waals surface area contributed by atoms with Crippen molar-refractivity contribution >= 4 is 40.6 Å². The molecule has 0 saturated carbocycles. The Bertz CT molecular complexity index is 672. The van der Waals surface area contributed by atoms with Crippen LogP contribution in [0.2, 0.25) is 15.1 Å². The zero-order valence-electron chi connectivity index (χ0n) is 9.60. The first-order valence-corrected chi connectivity index (χ1v) is 6.31. The topological polar surface area (TPSA) is 38.9 Å². The molecule has 0 amide bonds. The van der Waals surface area contributed by atoms with Gasteiger partial charge in [-0.05, 0) is 12.1 Å². The molecule has 0 bridgehead atoms. The predicted octanol–water partition coefficient (Wildman–Crippen LogP) is 5.31. The van der Waals surface area contributed by atoms with E-state index in [4.69, 9.17) is 40.5 Å². The number of nitrogens with zero attached hydrogens (tertiary/aromatic N) is 1. The van der Waals surface area contributed by atoms with Gasteiger partial charge in [0.1, 0.15) is 5.82 Å². The first-order chi connectivity index (χ1) is 9.21. The van der Waals surface area contributed by atoms with Crippen LogP contribution in [0.25, 0.3) is 11.1 Å². The van der Waals surface area contributed by atoms with Crippen LogP contribution in [-0.2, 0) is 6.18 Å². The molecule has 0 unspecified atom stereocenters. The Morgan fingerprint density at radius 1 is 1.00 bits per heavy atom. The lowest BCUT2D eigenvalue weighted by atomic mass is 10.0. The van der Waals surface area contributed by atoms with Gasteiger partial charge in [-0.25, -0.2) is 4.98 Å². The van der Waals surface area contributed by atoms with Gasteiger partial charge in [-0.2, -0.15) is 13.2 Å². The monoisotopic (exact) mass is 340 g/mol. The predicted molar refractivity (Wildman–Crippen MR) is 74.1 cm³/mol. The summed E-state index contributed by atoms with van der Waals surface area (Å²) < 4.78 is 38.1. The number of rotatable bonds is 1. The summed E-state index contributed by atoms with van der Waals surface area (Å²) in [6.45, 7) is 0. The maximum Gasteiger partial charge on any atom is 0.417 e. The van der Waals surface area contributed by atoms with Crippen LogP contribution < -0.4 is 5.73 Å². The molecular formula is C12H6Cl3F3N2. The zero-order valence-corrected chi connectivity index (χ0v) is 11.9. The highest BCUT2D eigenvalue weighted by Crippen LogP contribution is 2.41. The second-order valence-corrected chi connectivity index (χ2v) is 5.04. The first-order valence-electron chi connectivity index (χ1n) is 5.18. The maximum absolute atomic E-state index is 12.7. The number of hydrogen-bond donors (Lipinski definition) is 1. The van der Waals surface area contributed by atoms with Gasteiger partial charge in [0.15, 0.2) is 0 Å². The van der Waals surface area contributed by atoms with E-state index in [9.17, 15) is 13.2 Å². The number of hydrogen-bond acceptors (Lipinski definition) is 2. The van der Waals surface area contributed by atoms with E-state index in [1.165, 1.54) is 12.1 Å². The summed E-state index contributed by atoms with van der Waals surface area (Å²) in [5.41, 5.74) is 4.96. The smallest absolute Gasteiger partial charge is 0.383 e. The van der Waals surface area contributed by atoms with E-state index in [-0.39, 0.29) is 32.0 Å². The summed E-state index contributed by atoms with van der Waals surface area (Å²) in [5.74, 6) is -0.0849. The van der Waals surface area contributed by atoms with Crippen molar-refractivity contribution in [1.82, 2.24) is 4.98 Å². The van der Waals surface area contributed by atoms with Crippen LogP contribution in [0.1, 0.15) is 5.56 Å². The van der Waals surface area contributed by atoms with E-state index in [2.05, 4.69) is 4.98 Å². The van der Waals surface area contributed by atoms with Gasteiger partial charge >= 0.3 is 6.18 Å². The molecule has 1 heterocycles. The molecule has 1 aromatic carbocycles. The van der Waals surface area contributed by atoms with Crippen LogP contribution in [0.3, 0.4) is 0 Å². The normalized spacial score (nSPS) is 11.7. The fraction of sp³-hybridized carbons (Fsp3) is 0.0833. The van der Waals surface area contributed by atoms with Gasteiger partial charge in [0.25, 0.3) is 0 Å². The van der Waals surface area contributed by atoms with E-state index in [0.29, 0.717) is 6.20 Å². The van der Waals surface area contributed by atoms with E-state index in [1.54, 1.807) is 0 Å². The number of anilines is 1. The molecule has 0 spiro atoms. The first kappa shape index (κ1) is 15.2. The number of nitrogen functional groups attached to an aromatic ring is 1. The molecule has 106 valence electrons. The van der Waals surface area contributed by atoms with Gasteiger partial charge in [0.2, 0.25) is 0 Å². The Balaban J connectivity index is 2.67. The van der Waals surface area contributed by atoms with Crippen LogP contribution in [0.15, 0.2) is 24.4 Å². The van der Waals surface area contributed by atoms with E-state index < -0.39 is 11.7 Å². The Hall–Kier alpha value is -1.17. The van der Waals surface area contributed by atoms with Crippen molar-refractivity contribution < 1.29 is 13.2 Å². The Labute approximate surface area is 127 Å². The van der Waals surface area contributed by atoms with Crippen molar-refractivity contribution in [2.45, 2.75) is 6.18 Å². The minimum absolute atomic E-state index is 0.0204. The summed E-state index contributed by atoms with van der Waals surface area (Å²) in [4.78, 5) is 3.54. The lowest BCUT2D eigenvalue weighted by molar-refractivity contribution is -0.137. The summed E-state index contributed by atoms with van der Waals surface area (Å²) in [7, 11) is 0. The fourth-order valence-corrected chi connectivity index (χ4v) is 2.22. The molecule has 2 aromatic rings. The summed E-state index contributed by atoms with van der Waals surface area (Å²) in [5, 5.41) is 0.258. The Morgan fingerprint density at radius 3 is 2.25 bits per heavy atom. The zero-order chi connectivity index (χ0) is 15.1. The van der Waals surface area contributed by atoms with E-state index in [1.807, 2.05) is 0 Å².